The van der Waals surface area contributed by atoms with Crippen LogP contribution < -0.4 is 5.32 Å². The number of nitrogens with zero attached hydrogens (tertiary/aromatic N) is 3. The summed E-state index contributed by atoms with van der Waals surface area (Å²) in [4.78, 5) is 4.31. The van der Waals surface area contributed by atoms with E-state index >= 15 is 0 Å². The van der Waals surface area contributed by atoms with Gasteiger partial charge in [0.15, 0.2) is 5.82 Å². The molecule has 1 unspecified atom stereocenters. The van der Waals surface area contributed by atoms with Crippen molar-refractivity contribution in [2.45, 2.75) is 39.2 Å². The van der Waals surface area contributed by atoms with Gasteiger partial charge in [0.05, 0.1) is 12.3 Å². The minimum absolute atomic E-state index is 0.00584. The lowest BCUT2D eigenvalue weighted by molar-refractivity contribution is 0.281. The summed E-state index contributed by atoms with van der Waals surface area (Å²) in [6, 6.07) is 2.01. The third-order valence-corrected chi connectivity index (χ3v) is 2.82. The Morgan fingerprint density at radius 2 is 2.17 bits per heavy atom. The number of aliphatic hydroxyl groups excluding tert-OH is 1. The van der Waals surface area contributed by atoms with E-state index in [0.717, 1.165) is 17.0 Å². The molecule has 0 fully saturated rings. The minimum atomic E-state index is -0.0308. The maximum Gasteiger partial charge on any atom is 0.152 e. The van der Waals surface area contributed by atoms with Gasteiger partial charge in [-0.2, -0.15) is 5.10 Å². The van der Waals surface area contributed by atoms with Crippen LogP contribution in [0.15, 0.2) is 18.5 Å². The Labute approximate surface area is 107 Å². The summed E-state index contributed by atoms with van der Waals surface area (Å²) in [5.41, 5.74) is 1.96. The normalized spacial score (nSPS) is 13.8. The fraction of sp³-hybridized carbons (Fsp3) is 0.538. The Kier molecular flexibility index (Phi) is 3.26. The highest BCUT2D eigenvalue weighted by Gasteiger charge is 2.19. The van der Waals surface area contributed by atoms with E-state index < -0.39 is 0 Å². The molecule has 1 atom stereocenters. The average molecular weight is 248 g/mol. The van der Waals surface area contributed by atoms with Gasteiger partial charge >= 0.3 is 0 Å². The van der Waals surface area contributed by atoms with Gasteiger partial charge in [0.25, 0.3) is 0 Å². The third-order valence-electron chi connectivity index (χ3n) is 2.82. The Bertz CT molecular complexity index is 541. The highest BCUT2D eigenvalue weighted by molar-refractivity contribution is 5.68. The largest absolute Gasteiger partial charge is 0.394 e. The monoisotopic (exact) mass is 248 g/mol. The lowest BCUT2D eigenvalue weighted by Crippen LogP contribution is -2.20. The third kappa shape index (κ3) is 2.46. The molecule has 0 spiro atoms. The molecule has 5 heteroatoms. The summed E-state index contributed by atoms with van der Waals surface area (Å²) in [5, 5.41) is 16.8. The van der Waals surface area contributed by atoms with Crippen LogP contribution in [0.25, 0.3) is 5.52 Å². The molecule has 0 aliphatic heterocycles. The molecule has 0 aromatic carbocycles. The van der Waals surface area contributed by atoms with Crippen molar-refractivity contribution in [2.24, 2.45) is 0 Å². The molecule has 0 amide bonds. The van der Waals surface area contributed by atoms with Crippen molar-refractivity contribution in [1.82, 2.24) is 14.6 Å². The van der Waals surface area contributed by atoms with Crippen LogP contribution in [0, 0.1) is 0 Å². The van der Waals surface area contributed by atoms with E-state index in [1.165, 1.54) is 0 Å². The molecule has 2 heterocycles. The molecule has 18 heavy (non-hydrogen) atoms. The number of rotatable bonds is 3. The second kappa shape index (κ2) is 4.57. The molecule has 2 rings (SSSR count). The van der Waals surface area contributed by atoms with Crippen molar-refractivity contribution < 1.29 is 5.11 Å². The summed E-state index contributed by atoms with van der Waals surface area (Å²) in [6.45, 7) is 8.37. The van der Waals surface area contributed by atoms with Gasteiger partial charge in [0, 0.05) is 23.9 Å². The maximum absolute atomic E-state index is 9.09. The summed E-state index contributed by atoms with van der Waals surface area (Å²) in [7, 11) is 0. The number of hydrogen-bond donors (Lipinski definition) is 2. The number of aromatic nitrogens is 3. The summed E-state index contributed by atoms with van der Waals surface area (Å²) in [6.07, 6.45) is 3.54. The maximum atomic E-state index is 9.09. The second-order valence-corrected chi connectivity index (χ2v) is 5.61. The van der Waals surface area contributed by atoms with E-state index in [4.69, 9.17) is 5.11 Å². The smallest absolute Gasteiger partial charge is 0.152 e. The SMILES string of the molecule is CC(CO)Nc1nccn2nc(C(C)(C)C)cc12. The van der Waals surface area contributed by atoms with E-state index in [9.17, 15) is 0 Å². The number of anilines is 1. The molecular formula is C13H20N4O. The molecule has 0 saturated heterocycles. The Balaban J connectivity index is 2.46. The van der Waals surface area contributed by atoms with Crippen molar-refractivity contribution in [3.05, 3.63) is 24.2 Å². The van der Waals surface area contributed by atoms with Crippen LogP contribution in [0.4, 0.5) is 5.82 Å². The van der Waals surface area contributed by atoms with Crippen molar-refractivity contribution >= 4 is 11.3 Å². The summed E-state index contributed by atoms with van der Waals surface area (Å²) in [5.74, 6) is 0.752. The van der Waals surface area contributed by atoms with Crippen LogP contribution in [0.1, 0.15) is 33.4 Å². The number of fused-ring (bicyclic) bond motifs is 1. The second-order valence-electron chi connectivity index (χ2n) is 5.61. The molecule has 98 valence electrons. The molecule has 2 N–H and O–H groups in total. The zero-order valence-corrected chi connectivity index (χ0v) is 11.3. The lowest BCUT2D eigenvalue weighted by Gasteiger charge is -2.13. The fourth-order valence-corrected chi connectivity index (χ4v) is 1.68. The molecular weight excluding hydrogens is 228 g/mol. The van der Waals surface area contributed by atoms with E-state index in [1.54, 1.807) is 6.20 Å². The van der Waals surface area contributed by atoms with E-state index in [-0.39, 0.29) is 18.1 Å². The van der Waals surface area contributed by atoms with Crippen LogP contribution in [0.5, 0.6) is 0 Å². The predicted octanol–water partition coefficient (Wildman–Crippen LogP) is 1.82. The standard InChI is InChI=1S/C13H20N4O/c1-9(8-18)15-12-10-7-11(13(2,3)4)16-17(10)6-5-14-12/h5-7,9,18H,8H2,1-4H3,(H,14,15). The van der Waals surface area contributed by atoms with Gasteiger partial charge in [-0.05, 0) is 13.0 Å². The summed E-state index contributed by atoms with van der Waals surface area (Å²) >= 11 is 0. The molecule has 5 nitrogen and oxygen atoms in total. The molecule has 0 aliphatic rings. The first-order valence-electron chi connectivity index (χ1n) is 6.14. The van der Waals surface area contributed by atoms with Gasteiger partial charge in [0.2, 0.25) is 0 Å². The van der Waals surface area contributed by atoms with Crippen molar-refractivity contribution in [3.63, 3.8) is 0 Å². The fourth-order valence-electron chi connectivity index (χ4n) is 1.68. The molecule has 2 aromatic heterocycles. The average Bonchev–Trinajstić information content (AvgIpc) is 2.73. The van der Waals surface area contributed by atoms with Crippen molar-refractivity contribution in [1.29, 1.82) is 0 Å². The van der Waals surface area contributed by atoms with Crippen LogP contribution in [-0.4, -0.2) is 32.4 Å². The first-order valence-corrected chi connectivity index (χ1v) is 6.14. The molecule has 0 bridgehead atoms. The molecule has 0 aliphatic carbocycles. The first kappa shape index (κ1) is 12.8. The van der Waals surface area contributed by atoms with E-state index in [1.807, 2.05) is 23.7 Å². The van der Waals surface area contributed by atoms with Crippen LogP contribution >= 0.6 is 0 Å². The predicted molar refractivity (Wildman–Crippen MR) is 71.9 cm³/mol. The van der Waals surface area contributed by atoms with E-state index in [0.29, 0.717) is 0 Å². The van der Waals surface area contributed by atoms with Gasteiger partial charge in [-0.15, -0.1) is 0 Å². The van der Waals surface area contributed by atoms with Gasteiger partial charge in [-0.3, -0.25) is 0 Å². The van der Waals surface area contributed by atoms with Gasteiger partial charge in [-0.25, -0.2) is 9.50 Å². The van der Waals surface area contributed by atoms with Crippen LogP contribution in [0.3, 0.4) is 0 Å². The summed E-state index contributed by atoms with van der Waals surface area (Å²) < 4.78 is 1.82. The lowest BCUT2D eigenvalue weighted by atomic mass is 9.92. The zero-order chi connectivity index (χ0) is 13.3. The Morgan fingerprint density at radius 1 is 1.44 bits per heavy atom. The van der Waals surface area contributed by atoms with Crippen LogP contribution in [-0.2, 0) is 5.41 Å². The van der Waals surface area contributed by atoms with Gasteiger partial charge < -0.3 is 10.4 Å². The topological polar surface area (TPSA) is 62.5 Å². The van der Waals surface area contributed by atoms with Crippen LogP contribution in [0.2, 0.25) is 0 Å². The quantitative estimate of drug-likeness (QED) is 0.869. The highest BCUT2D eigenvalue weighted by Crippen LogP contribution is 2.24. The highest BCUT2D eigenvalue weighted by atomic mass is 16.3. The molecule has 0 radical (unpaired) electrons. The van der Waals surface area contributed by atoms with E-state index in [2.05, 4.69) is 36.2 Å². The Morgan fingerprint density at radius 3 is 2.78 bits per heavy atom. The molecule has 0 saturated carbocycles. The number of aliphatic hydroxyl groups is 1. The number of nitrogens with one attached hydrogen (secondary N) is 1. The molecule has 2 aromatic rings. The van der Waals surface area contributed by atoms with Crippen molar-refractivity contribution in [3.8, 4) is 0 Å². The van der Waals surface area contributed by atoms with Crippen molar-refractivity contribution in [2.75, 3.05) is 11.9 Å². The first-order chi connectivity index (χ1) is 8.41. The van der Waals surface area contributed by atoms with Gasteiger partial charge in [0.1, 0.15) is 5.52 Å². The van der Waals surface area contributed by atoms with Gasteiger partial charge in [-0.1, -0.05) is 20.8 Å². The number of hydrogen-bond acceptors (Lipinski definition) is 4. The zero-order valence-electron chi connectivity index (χ0n) is 11.3. The Hall–Kier alpha value is -1.62. The minimum Gasteiger partial charge on any atom is -0.394 e.